The first-order valence-corrected chi connectivity index (χ1v) is 23.7. The molecule has 3 atom stereocenters. The largest absolute Gasteiger partial charge is 0.477 e. The maximum Gasteiger partial charge on any atom is 0.354 e. The number of nitrogens with two attached hydrogens (primary N) is 1. The number of nitro groups is 1. The number of hydrogen-bond donors (Lipinski definition) is 16. The number of ether oxygens (including phenoxy) is 1. The lowest BCUT2D eigenvalue weighted by Gasteiger charge is -2.14. The second-order valence-electron chi connectivity index (χ2n) is 16.3. The van der Waals surface area contributed by atoms with Crippen LogP contribution in [0, 0.1) is 27.5 Å². The average molecular weight is 1280 g/mol. The van der Waals surface area contributed by atoms with E-state index in [2.05, 4.69) is 49.8 Å². The number of carboxylic acid groups (broad SMARTS) is 1. The molecule has 0 radical (unpaired) electrons. The van der Waals surface area contributed by atoms with Crippen LogP contribution in [-0.4, -0.2) is 124 Å². The van der Waals surface area contributed by atoms with Crippen molar-refractivity contribution >= 4 is 62.0 Å². The van der Waals surface area contributed by atoms with Gasteiger partial charge in [0.2, 0.25) is 0 Å². The van der Waals surface area contributed by atoms with Crippen molar-refractivity contribution in [3.8, 4) is 0 Å². The van der Waals surface area contributed by atoms with Crippen LogP contribution in [0.1, 0.15) is 34.4 Å². The number of hydrogen-bond acceptors (Lipinski definition) is 22. The molecule has 9 aromatic rings. The van der Waals surface area contributed by atoms with E-state index in [9.17, 15) is 87.1 Å². The maximum atomic E-state index is 11.6. The number of fused-ring (bicyclic) bond motifs is 2. The Morgan fingerprint density at radius 2 is 1.37 bits per heavy atom. The van der Waals surface area contributed by atoms with Gasteiger partial charge in [-0.05, 0) is 48.6 Å². The van der Waals surface area contributed by atoms with E-state index >= 15 is 0 Å². The Labute approximate surface area is 465 Å². The lowest BCUT2D eigenvalue weighted by atomic mass is 10.2. The highest BCUT2D eigenvalue weighted by atomic mass is 127. The lowest BCUT2D eigenvalue weighted by molar-refractivity contribution is -0.387. The van der Waals surface area contributed by atoms with Crippen LogP contribution in [0.25, 0.3) is 22.1 Å². The minimum atomic E-state index is -1.45. The number of aliphatic hydroxyl groups is 2. The van der Waals surface area contributed by atoms with Crippen LogP contribution in [-0.2, 0) is 18.8 Å². The van der Waals surface area contributed by atoms with Crippen LogP contribution < -0.4 is 84.5 Å². The van der Waals surface area contributed by atoms with E-state index in [-0.39, 0.29) is 40.9 Å². The van der Waals surface area contributed by atoms with Gasteiger partial charge in [0.05, 0.1) is 44.6 Å². The zero-order chi connectivity index (χ0) is 62.2. The summed E-state index contributed by atoms with van der Waals surface area (Å²) in [6.45, 7) is 2.91. The van der Waals surface area contributed by atoms with E-state index in [1.54, 1.807) is 43.1 Å². The first-order chi connectivity index (χ1) is 38.9. The summed E-state index contributed by atoms with van der Waals surface area (Å²) in [5.41, 5.74) is -2.36. The molecule has 1 aliphatic rings. The zero-order valence-corrected chi connectivity index (χ0v) is 44.9. The number of carbonyl (C=O) groups is 1. The number of halogens is 1. The number of aromatic carboxylic acids is 1. The van der Waals surface area contributed by atoms with Gasteiger partial charge >= 0.3 is 57.0 Å². The number of aromatic amines is 12. The monoisotopic (exact) mass is 1280 g/mol. The van der Waals surface area contributed by atoms with E-state index in [0.29, 0.717) is 30.3 Å². The number of aryl methyl sites for hydroxylation is 3. The molecule has 0 aliphatic carbocycles. The minimum Gasteiger partial charge on any atom is -0.477 e. The Balaban J connectivity index is 0.000000210. The van der Waals surface area contributed by atoms with Gasteiger partial charge in [-0.25, -0.2) is 43.3 Å². The number of rotatable bonds is 4. The molecule has 1 unspecified atom stereocenters. The third kappa shape index (κ3) is 18.0. The number of nitrogens with one attached hydrogen (secondary N) is 12. The topological polar surface area (TPSA) is 612 Å². The van der Waals surface area contributed by atoms with Crippen molar-refractivity contribution in [2.75, 3.05) is 12.3 Å². The van der Waals surface area contributed by atoms with Gasteiger partial charge in [0.25, 0.3) is 33.4 Å². The first kappa shape index (κ1) is 64.5. The molecule has 1 aliphatic heterocycles. The first-order valence-electron chi connectivity index (χ1n) is 22.6. The Morgan fingerprint density at radius 3 is 1.96 bits per heavy atom. The smallest absolute Gasteiger partial charge is 0.354 e. The van der Waals surface area contributed by atoms with Crippen LogP contribution in [0.4, 0.5) is 11.4 Å². The third-order valence-corrected chi connectivity index (χ3v) is 11.1. The fraction of sp³-hybridized carbons (Fsp3) is 0.209. The number of H-pyrrole nitrogens is 12. The Hall–Kier alpha value is -11.0. The Kier molecular flexibility index (Phi) is 22.3. The molecule has 40 heteroatoms. The predicted octanol–water partition coefficient (Wildman–Crippen LogP) is -5.98. The summed E-state index contributed by atoms with van der Waals surface area (Å²) in [5, 5.41) is 37.7. The standard InChI is InChI=1S/C10H14N2O5.C8H6N2O2.C6H7N3O4.C5H4N4O2.C5H5N3O4.C5H6N2O2.C4H3IN2O2/c1-5-3-12(10(16)11-9(5)15)8-2-6(14)7(4-13)17-8;11-7-5-3-1-2-4-6(5)9-8(12)10-7;1-7-3-4(9(12)13)5(10)8(2)6(7)11;10-4-2-3(7-1-6-2)8-5(11)9-4;6-1-2(4(10)11)7-5(12)8-3(1)9;1-3-2-4(8)7-5(9)6-3;5-2-1-6-4(9)7-3(2)8/h3,6-8,13-14H,2,4H2,1H3,(H,11,15,16);1-4H,(H2,9,10,11,12);3H,1-2H3;1H,(H3,6,7,8,9,10,11);6H2,(H,10,11)(H2,7,8,9,12);2H,1H3,(H2,6,7,8,9);1H,(H2,6,7,8,9)/t6-,7+,8?;;;;;;/m0....../s1. The third-order valence-electron chi connectivity index (χ3n) is 10.3. The molecule has 17 N–H and O–H groups in total. The molecule has 83 heavy (non-hydrogen) atoms. The highest BCUT2D eigenvalue weighted by molar-refractivity contribution is 14.1. The predicted molar refractivity (Wildman–Crippen MR) is 296 cm³/mol. The van der Waals surface area contributed by atoms with Gasteiger partial charge in [-0.15, -0.1) is 0 Å². The second kappa shape index (κ2) is 28.7. The minimum absolute atomic E-state index is 0.205. The van der Waals surface area contributed by atoms with Gasteiger partial charge in [0.15, 0.2) is 11.3 Å². The summed E-state index contributed by atoms with van der Waals surface area (Å²) < 4.78 is 8.70. The molecule has 1 saturated heterocycles. The molecule has 0 saturated carbocycles. The van der Waals surface area contributed by atoms with Crippen LogP contribution in [0.3, 0.4) is 0 Å². The normalized spacial score (nSPS) is 13.7. The van der Waals surface area contributed by atoms with E-state index < -0.39 is 108 Å². The van der Waals surface area contributed by atoms with E-state index in [1.807, 2.05) is 32.6 Å². The van der Waals surface area contributed by atoms with Gasteiger partial charge in [-0.3, -0.25) is 97.2 Å². The summed E-state index contributed by atoms with van der Waals surface area (Å²) in [4.78, 5) is 201. The van der Waals surface area contributed by atoms with Crippen LogP contribution in [0.15, 0.2) is 122 Å². The van der Waals surface area contributed by atoms with E-state index in [0.717, 1.165) is 10.8 Å². The van der Waals surface area contributed by atoms with Gasteiger partial charge < -0.3 is 45.7 Å². The fourth-order valence-electron chi connectivity index (χ4n) is 6.39. The average Bonchev–Trinajstić information content (AvgIpc) is 4.08. The number of nitrogens with zero attached hydrogens (tertiary/aromatic N) is 5. The molecule has 0 bridgehead atoms. The number of anilines is 1. The van der Waals surface area contributed by atoms with Crippen molar-refractivity contribution in [3.05, 3.63) is 232 Å². The van der Waals surface area contributed by atoms with Gasteiger partial charge in [0.1, 0.15) is 23.5 Å². The molecule has 9 heterocycles. The summed E-state index contributed by atoms with van der Waals surface area (Å²) in [6.07, 6.45) is 3.03. The van der Waals surface area contributed by atoms with Gasteiger partial charge in [0, 0.05) is 50.2 Å². The van der Waals surface area contributed by atoms with Gasteiger partial charge in [-0.2, -0.15) is 0 Å². The molecular formula is C43H45IN18O21. The lowest BCUT2D eigenvalue weighted by Crippen LogP contribution is -2.37. The summed E-state index contributed by atoms with van der Waals surface area (Å²) >= 11 is 1.83. The van der Waals surface area contributed by atoms with Crippen molar-refractivity contribution in [3.63, 3.8) is 0 Å². The van der Waals surface area contributed by atoms with Gasteiger partial charge in [-0.1, -0.05) is 12.1 Å². The van der Waals surface area contributed by atoms with Crippen molar-refractivity contribution < 1.29 is 29.8 Å². The number of para-hydroxylation sites is 1. The SMILES string of the molecule is Cc1cc(=O)[nH]c(=O)[nH]1.Cc1cn(C2C[C@H](O)[C@@H](CO)O2)c(=O)[nH]c1=O.Cn1cc([N+](=O)[O-])c(=O)n(C)c1=O.Nc1c(C(=O)O)[nH]c(=O)[nH]c1=O.O=c1[nH]c(=O)c2[nH]cnc2[nH]1.O=c1[nH]c(=O)c2ccccc2[nH]1.O=c1[nH]cc(I)c(=O)[nH]1. The number of imidazole rings is 1. The second-order valence-corrected chi connectivity index (χ2v) is 17.5. The van der Waals surface area contributed by atoms with Crippen LogP contribution in [0.5, 0.6) is 0 Å². The molecule has 1 aromatic carbocycles. The number of aromatic nitrogens is 16. The molecule has 8 aromatic heterocycles. The van der Waals surface area contributed by atoms with Crippen molar-refractivity contribution in [1.29, 1.82) is 0 Å². The quantitative estimate of drug-likeness (QED) is 0.0443. The van der Waals surface area contributed by atoms with Crippen LogP contribution >= 0.6 is 22.6 Å². The van der Waals surface area contributed by atoms with E-state index in [1.165, 1.54) is 43.4 Å². The van der Waals surface area contributed by atoms with Crippen molar-refractivity contribution in [1.82, 2.24) is 78.5 Å². The highest BCUT2D eigenvalue weighted by Crippen LogP contribution is 2.27. The summed E-state index contributed by atoms with van der Waals surface area (Å²) in [5.74, 6) is -1.45. The summed E-state index contributed by atoms with van der Waals surface area (Å²) in [6, 6.07) is 8.17. The van der Waals surface area contributed by atoms with E-state index in [4.69, 9.17) is 20.7 Å². The number of nitrogen functional groups attached to an aromatic ring is 1. The summed E-state index contributed by atoms with van der Waals surface area (Å²) in [7, 11) is 2.53. The number of benzene rings is 1. The number of carboxylic acids is 1. The molecule has 440 valence electrons. The van der Waals surface area contributed by atoms with Crippen molar-refractivity contribution in [2.45, 2.75) is 38.7 Å². The molecule has 1 fully saturated rings. The number of aliphatic hydroxyl groups excluding tert-OH is 2. The Bertz CT molecular complexity index is 4690. The zero-order valence-electron chi connectivity index (χ0n) is 42.7. The molecule has 0 spiro atoms. The highest BCUT2D eigenvalue weighted by Gasteiger charge is 2.35. The Morgan fingerprint density at radius 1 is 0.771 bits per heavy atom. The fourth-order valence-corrected chi connectivity index (χ4v) is 6.69. The molecule has 10 rings (SSSR count). The molecular weight excluding hydrogens is 1230 g/mol. The van der Waals surface area contributed by atoms with Crippen molar-refractivity contribution in [2.24, 2.45) is 14.1 Å². The maximum absolute atomic E-state index is 11.6. The van der Waals surface area contributed by atoms with Crippen LogP contribution in [0.2, 0.25) is 0 Å². The molecule has 0 amide bonds. The molecule has 39 nitrogen and oxygen atoms in total.